The fraction of sp³-hybridized carbons (Fsp3) is 0. The van der Waals surface area contributed by atoms with E-state index in [1.807, 2.05) is 6.07 Å². The molecule has 88 valence electrons. The second-order valence-electron chi connectivity index (χ2n) is 3.14. The van der Waals surface area contributed by atoms with Crippen LogP contribution in [-0.4, -0.2) is 26.3 Å². The number of carboxylic acid groups (broad SMARTS) is 1. The fourth-order valence-corrected chi connectivity index (χ4v) is 1.22. The van der Waals surface area contributed by atoms with Gasteiger partial charge in [0.15, 0.2) is 5.75 Å². The summed E-state index contributed by atoms with van der Waals surface area (Å²) in [6.07, 6.45) is 3.91. The van der Waals surface area contributed by atoms with Crippen LogP contribution in [-0.2, 0) is 0 Å². The molecule has 2 aromatic rings. The number of pyridine rings is 1. The Morgan fingerprint density at radius 1 is 1.39 bits per heavy atom. The Bertz CT molecular complexity index is 636. The Morgan fingerprint density at radius 3 is 2.94 bits per heavy atom. The number of aromatic carboxylic acids is 1. The highest BCUT2D eigenvalue weighted by Gasteiger charge is 2.14. The zero-order valence-corrected chi connectivity index (χ0v) is 8.94. The van der Waals surface area contributed by atoms with E-state index in [9.17, 15) is 4.79 Å². The van der Waals surface area contributed by atoms with Gasteiger partial charge < -0.3 is 9.84 Å². The minimum absolute atomic E-state index is 0.00185. The summed E-state index contributed by atoms with van der Waals surface area (Å²) >= 11 is 0. The highest BCUT2D eigenvalue weighted by atomic mass is 16.5. The monoisotopic (exact) mass is 242 g/mol. The highest BCUT2D eigenvalue weighted by molar-refractivity contribution is 5.90. The van der Waals surface area contributed by atoms with Crippen molar-refractivity contribution in [3.63, 3.8) is 0 Å². The SMILES string of the molecule is N#Cc1ccnnc1Oc1cnccc1C(=O)O. The quantitative estimate of drug-likeness (QED) is 0.861. The Labute approximate surface area is 101 Å². The number of nitrogens with zero attached hydrogens (tertiary/aromatic N) is 4. The topological polar surface area (TPSA) is 109 Å². The van der Waals surface area contributed by atoms with Gasteiger partial charge in [-0.2, -0.15) is 10.4 Å². The largest absolute Gasteiger partial charge is 0.478 e. The molecule has 0 aromatic carbocycles. The maximum atomic E-state index is 11.0. The first-order valence-electron chi connectivity index (χ1n) is 4.79. The summed E-state index contributed by atoms with van der Waals surface area (Å²) in [5.41, 5.74) is 0.0877. The van der Waals surface area contributed by atoms with Crippen molar-refractivity contribution in [1.29, 1.82) is 5.26 Å². The first kappa shape index (κ1) is 11.5. The first-order valence-corrected chi connectivity index (χ1v) is 4.79. The average Bonchev–Trinajstić information content (AvgIpc) is 2.40. The summed E-state index contributed by atoms with van der Waals surface area (Å²) in [7, 11) is 0. The van der Waals surface area contributed by atoms with Crippen molar-refractivity contribution in [3.8, 4) is 17.7 Å². The molecule has 0 aliphatic rings. The smallest absolute Gasteiger partial charge is 0.339 e. The lowest BCUT2D eigenvalue weighted by Gasteiger charge is -2.06. The molecule has 0 radical (unpaired) electrons. The molecule has 2 aromatic heterocycles. The van der Waals surface area contributed by atoms with Crippen molar-refractivity contribution in [2.45, 2.75) is 0 Å². The summed E-state index contributed by atoms with van der Waals surface area (Å²) in [4.78, 5) is 14.7. The zero-order valence-electron chi connectivity index (χ0n) is 8.94. The third kappa shape index (κ3) is 2.22. The number of aromatic nitrogens is 3. The predicted octanol–water partition coefficient (Wildman–Crippen LogP) is 1.23. The predicted molar refractivity (Wildman–Crippen MR) is 58.0 cm³/mol. The summed E-state index contributed by atoms with van der Waals surface area (Å²) in [6, 6.07) is 4.58. The molecule has 0 saturated heterocycles. The van der Waals surface area contributed by atoms with Crippen molar-refractivity contribution < 1.29 is 14.6 Å². The second-order valence-corrected chi connectivity index (χ2v) is 3.14. The van der Waals surface area contributed by atoms with Gasteiger partial charge in [-0.15, -0.1) is 5.10 Å². The van der Waals surface area contributed by atoms with Crippen LogP contribution in [0.25, 0.3) is 0 Å². The zero-order chi connectivity index (χ0) is 13.0. The lowest BCUT2D eigenvalue weighted by atomic mass is 10.2. The first-order chi connectivity index (χ1) is 8.72. The van der Waals surface area contributed by atoms with Crippen molar-refractivity contribution >= 4 is 5.97 Å². The van der Waals surface area contributed by atoms with E-state index in [0.29, 0.717) is 0 Å². The van der Waals surface area contributed by atoms with Crippen molar-refractivity contribution in [2.24, 2.45) is 0 Å². The Morgan fingerprint density at radius 2 is 2.22 bits per heavy atom. The lowest BCUT2D eigenvalue weighted by molar-refractivity contribution is 0.0694. The van der Waals surface area contributed by atoms with Crippen LogP contribution in [0.15, 0.2) is 30.7 Å². The standard InChI is InChI=1S/C11H6N4O3/c12-5-7-1-4-14-15-10(7)18-9-6-13-3-2-8(9)11(16)17/h1-4,6H,(H,16,17). The van der Waals surface area contributed by atoms with E-state index in [-0.39, 0.29) is 22.8 Å². The Hall–Kier alpha value is -3.01. The molecule has 0 saturated carbocycles. The number of carboxylic acids is 1. The van der Waals surface area contributed by atoms with Crippen LogP contribution >= 0.6 is 0 Å². The summed E-state index contributed by atoms with van der Waals surface area (Å²) < 4.78 is 5.25. The van der Waals surface area contributed by atoms with E-state index < -0.39 is 5.97 Å². The van der Waals surface area contributed by atoms with Gasteiger partial charge in [0.1, 0.15) is 17.2 Å². The lowest BCUT2D eigenvalue weighted by Crippen LogP contribution is -2.02. The molecule has 18 heavy (non-hydrogen) atoms. The van der Waals surface area contributed by atoms with E-state index in [4.69, 9.17) is 15.1 Å². The van der Waals surface area contributed by atoms with E-state index in [1.165, 1.54) is 30.7 Å². The van der Waals surface area contributed by atoms with Crippen molar-refractivity contribution in [2.75, 3.05) is 0 Å². The van der Waals surface area contributed by atoms with Crippen LogP contribution in [0.1, 0.15) is 15.9 Å². The third-order valence-corrected chi connectivity index (χ3v) is 2.03. The van der Waals surface area contributed by atoms with Gasteiger partial charge in [0.2, 0.25) is 0 Å². The number of hydrogen-bond donors (Lipinski definition) is 1. The molecule has 2 rings (SSSR count). The Kier molecular flexibility index (Phi) is 3.11. The van der Waals surface area contributed by atoms with E-state index in [1.54, 1.807) is 0 Å². The molecule has 0 amide bonds. The molecule has 0 aliphatic carbocycles. The highest BCUT2D eigenvalue weighted by Crippen LogP contribution is 2.24. The number of hydrogen-bond acceptors (Lipinski definition) is 6. The van der Waals surface area contributed by atoms with Crippen LogP contribution in [0.3, 0.4) is 0 Å². The molecular formula is C11H6N4O3. The molecule has 0 spiro atoms. The van der Waals surface area contributed by atoms with Gasteiger partial charge in [-0.05, 0) is 12.1 Å². The number of carbonyl (C=O) groups is 1. The van der Waals surface area contributed by atoms with E-state index >= 15 is 0 Å². The average molecular weight is 242 g/mol. The minimum atomic E-state index is -1.16. The van der Waals surface area contributed by atoms with Gasteiger partial charge in [-0.1, -0.05) is 0 Å². The molecule has 0 aliphatic heterocycles. The molecule has 0 unspecified atom stereocenters. The number of ether oxygens (including phenoxy) is 1. The van der Waals surface area contributed by atoms with E-state index in [2.05, 4.69) is 15.2 Å². The van der Waals surface area contributed by atoms with Crippen LogP contribution < -0.4 is 4.74 Å². The molecule has 2 heterocycles. The molecule has 0 bridgehead atoms. The number of nitriles is 1. The van der Waals surface area contributed by atoms with Gasteiger partial charge in [0, 0.05) is 6.20 Å². The van der Waals surface area contributed by atoms with Crippen LogP contribution in [0.5, 0.6) is 11.6 Å². The summed E-state index contributed by atoms with van der Waals surface area (Å²) in [5.74, 6) is -1.22. The maximum Gasteiger partial charge on any atom is 0.339 e. The normalized spacial score (nSPS) is 9.50. The minimum Gasteiger partial charge on any atom is -0.478 e. The van der Waals surface area contributed by atoms with Gasteiger partial charge in [-0.3, -0.25) is 4.98 Å². The molecule has 0 fully saturated rings. The summed E-state index contributed by atoms with van der Waals surface area (Å²) in [6.45, 7) is 0. The van der Waals surface area contributed by atoms with Gasteiger partial charge in [0.25, 0.3) is 5.88 Å². The van der Waals surface area contributed by atoms with Crippen LogP contribution in [0, 0.1) is 11.3 Å². The van der Waals surface area contributed by atoms with Crippen LogP contribution in [0.4, 0.5) is 0 Å². The molecule has 7 heteroatoms. The van der Waals surface area contributed by atoms with Gasteiger partial charge in [0.05, 0.1) is 12.4 Å². The molecule has 1 N–H and O–H groups in total. The summed E-state index contributed by atoms with van der Waals surface area (Å²) in [5, 5.41) is 25.0. The number of rotatable bonds is 3. The molecule has 7 nitrogen and oxygen atoms in total. The Balaban J connectivity index is 2.41. The molecular weight excluding hydrogens is 236 g/mol. The maximum absolute atomic E-state index is 11.0. The van der Waals surface area contributed by atoms with Crippen molar-refractivity contribution in [3.05, 3.63) is 41.9 Å². The molecule has 0 atom stereocenters. The van der Waals surface area contributed by atoms with Crippen molar-refractivity contribution in [1.82, 2.24) is 15.2 Å². The fourth-order valence-electron chi connectivity index (χ4n) is 1.22. The van der Waals surface area contributed by atoms with Gasteiger partial charge >= 0.3 is 5.97 Å². The van der Waals surface area contributed by atoms with Gasteiger partial charge in [-0.25, -0.2) is 4.79 Å². The van der Waals surface area contributed by atoms with Crippen LogP contribution in [0.2, 0.25) is 0 Å². The second kappa shape index (κ2) is 4.88. The third-order valence-electron chi connectivity index (χ3n) is 2.03. The van der Waals surface area contributed by atoms with E-state index in [0.717, 1.165) is 0 Å².